The molecule has 1 heterocycles. The summed E-state index contributed by atoms with van der Waals surface area (Å²) in [4.78, 5) is 38.0. The lowest BCUT2D eigenvalue weighted by Crippen LogP contribution is -2.27. The number of thioether (sulfide) groups is 1. The van der Waals surface area contributed by atoms with Crippen molar-refractivity contribution in [1.29, 1.82) is 0 Å². The first-order chi connectivity index (χ1) is 16.8. The van der Waals surface area contributed by atoms with Crippen LogP contribution in [0, 0.1) is 3.57 Å². The molecule has 1 fully saturated rings. The number of imide groups is 1. The number of methoxy groups -OCH3 is 1. The average molecular weight is 622 g/mol. The van der Waals surface area contributed by atoms with Crippen LogP contribution >= 0.6 is 46.0 Å². The molecule has 0 unspecified atom stereocenters. The van der Waals surface area contributed by atoms with E-state index in [0.29, 0.717) is 33.3 Å². The number of benzene rings is 3. The molecule has 0 radical (unpaired) electrons. The molecule has 3 aromatic carbocycles. The summed E-state index contributed by atoms with van der Waals surface area (Å²) in [5.74, 6) is -0.506. The van der Waals surface area contributed by atoms with Crippen LogP contribution in [-0.2, 0) is 11.4 Å². The number of amides is 2. The maximum Gasteiger partial charge on any atom is 0.335 e. The number of hydrogen-bond donors (Lipinski definition) is 1. The molecule has 1 aliphatic rings. The number of rotatable bonds is 7. The van der Waals surface area contributed by atoms with E-state index in [4.69, 9.17) is 21.1 Å². The second-order valence-corrected chi connectivity index (χ2v) is 9.91. The summed E-state index contributed by atoms with van der Waals surface area (Å²) in [5, 5.41) is 9.29. The third-order valence-corrected chi connectivity index (χ3v) is 6.91. The van der Waals surface area contributed by atoms with Gasteiger partial charge in [-0.1, -0.05) is 23.7 Å². The topological polar surface area (TPSA) is 93.1 Å². The van der Waals surface area contributed by atoms with E-state index in [0.717, 1.165) is 20.2 Å². The summed E-state index contributed by atoms with van der Waals surface area (Å²) in [7, 11) is 1.50. The minimum Gasteiger partial charge on any atom is -0.493 e. The molecule has 1 aliphatic heterocycles. The Morgan fingerprint density at radius 2 is 1.89 bits per heavy atom. The molecule has 0 saturated carbocycles. The quantitative estimate of drug-likeness (QED) is 0.239. The van der Waals surface area contributed by atoms with Crippen LogP contribution in [0.15, 0.2) is 65.6 Å². The lowest BCUT2D eigenvalue weighted by atomic mass is 10.1. The van der Waals surface area contributed by atoms with Crippen molar-refractivity contribution in [2.75, 3.05) is 12.0 Å². The van der Waals surface area contributed by atoms with E-state index < -0.39 is 17.1 Å². The van der Waals surface area contributed by atoms with Crippen molar-refractivity contribution in [3.05, 3.63) is 90.9 Å². The largest absolute Gasteiger partial charge is 0.493 e. The minimum absolute atomic E-state index is 0.146. The van der Waals surface area contributed by atoms with Gasteiger partial charge in [0.2, 0.25) is 0 Å². The van der Waals surface area contributed by atoms with Gasteiger partial charge in [0, 0.05) is 5.02 Å². The van der Waals surface area contributed by atoms with Gasteiger partial charge < -0.3 is 14.6 Å². The Hall–Kier alpha value is -3.02. The number of halogens is 2. The van der Waals surface area contributed by atoms with Crippen molar-refractivity contribution in [1.82, 2.24) is 0 Å². The number of hydrogen-bond acceptors (Lipinski definition) is 6. The van der Waals surface area contributed by atoms with Gasteiger partial charge in [0.25, 0.3) is 11.1 Å². The molecule has 0 spiro atoms. The number of ether oxygens (including phenoxy) is 2. The Kier molecular flexibility index (Phi) is 7.68. The fourth-order valence-corrected chi connectivity index (χ4v) is 5.09. The van der Waals surface area contributed by atoms with Crippen molar-refractivity contribution in [2.45, 2.75) is 6.61 Å². The molecule has 2 amide bonds. The summed E-state index contributed by atoms with van der Waals surface area (Å²) in [6.45, 7) is 0.146. The lowest BCUT2D eigenvalue weighted by Gasteiger charge is -2.14. The zero-order chi connectivity index (χ0) is 25.1. The van der Waals surface area contributed by atoms with E-state index in [2.05, 4.69) is 22.6 Å². The first-order valence-corrected chi connectivity index (χ1v) is 12.4. The summed E-state index contributed by atoms with van der Waals surface area (Å²) in [5.41, 5.74) is 1.98. The number of anilines is 1. The van der Waals surface area contributed by atoms with Crippen LogP contribution in [0.2, 0.25) is 5.02 Å². The fraction of sp³-hybridized carbons (Fsp3) is 0.0800. The van der Waals surface area contributed by atoms with E-state index in [9.17, 15) is 19.5 Å². The molecule has 4 rings (SSSR count). The van der Waals surface area contributed by atoms with Gasteiger partial charge in [-0.15, -0.1) is 0 Å². The fourth-order valence-electron chi connectivity index (χ4n) is 3.34. The smallest absolute Gasteiger partial charge is 0.335 e. The predicted octanol–water partition coefficient (Wildman–Crippen LogP) is 6.47. The van der Waals surface area contributed by atoms with Crippen LogP contribution in [0.5, 0.6) is 11.5 Å². The zero-order valence-corrected chi connectivity index (χ0v) is 21.9. The van der Waals surface area contributed by atoms with Crippen LogP contribution in [0.3, 0.4) is 0 Å². The molecule has 35 heavy (non-hydrogen) atoms. The molecule has 178 valence electrons. The highest BCUT2D eigenvalue weighted by molar-refractivity contribution is 14.1. The van der Waals surface area contributed by atoms with E-state index in [1.54, 1.807) is 54.6 Å². The molecular formula is C25H17ClINO6S. The van der Waals surface area contributed by atoms with E-state index in [-0.39, 0.29) is 17.1 Å². The first-order valence-electron chi connectivity index (χ1n) is 10.1. The second-order valence-electron chi connectivity index (χ2n) is 7.32. The molecule has 7 nitrogen and oxygen atoms in total. The molecule has 1 N–H and O–H groups in total. The van der Waals surface area contributed by atoms with E-state index in [1.165, 1.54) is 13.2 Å². The van der Waals surface area contributed by atoms with Gasteiger partial charge >= 0.3 is 5.97 Å². The van der Waals surface area contributed by atoms with E-state index >= 15 is 0 Å². The van der Waals surface area contributed by atoms with Gasteiger partial charge in [0.05, 0.1) is 26.8 Å². The highest BCUT2D eigenvalue weighted by Gasteiger charge is 2.36. The summed E-state index contributed by atoms with van der Waals surface area (Å²) in [6, 6.07) is 16.5. The third-order valence-electron chi connectivity index (χ3n) is 4.99. The molecule has 0 atom stereocenters. The Bertz CT molecular complexity index is 1360. The Morgan fingerprint density at radius 1 is 1.14 bits per heavy atom. The monoisotopic (exact) mass is 621 g/mol. The standard InChI is InChI=1S/C25H17ClINO6S/c1-33-20-11-15(10-19(27)22(20)34-13-14-3-2-4-16(9-14)24(30)31)12-21-23(29)28(25(32)35-21)18-7-5-17(26)6-8-18/h2-12H,13H2,1H3,(H,30,31)/b21-12+. The Balaban J connectivity index is 1.56. The van der Waals surface area contributed by atoms with Gasteiger partial charge in [-0.2, -0.15) is 0 Å². The van der Waals surface area contributed by atoms with Crippen molar-refractivity contribution >= 4 is 74.8 Å². The average Bonchev–Trinajstić information content (AvgIpc) is 3.11. The highest BCUT2D eigenvalue weighted by Crippen LogP contribution is 2.39. The maximum atomic E-state index is 12.9. The number of carboxylic acids is 1. The predicted molar refractivity (Wildman–Crippen MR) is 143 cm³/mol. The number of carboxylic acid groups (broad SMARTS) is 1. The third kappa shape index (κ3) is 5.63. The van der Waals surface area contributed by atoms with Crippen LogP contribution < -0.4 is 14.4 Å². The van der Waals surface area contributed by atoms with Crippen LogP contribution in [-0.4, -0.2) is 29.3 Å². The summed E-state index contributed by atoms with van der Waals surface area (Å²) in [6.07, 6.45) is 1.63. The Morgan fingerprint density at radius 3 is 2.57 bits per heavy atom. The number of nitrogens with zero attached hydrogens (tertiary/aromatic N) is 1. The van der Waals surface area contributed by atoms with Gasteiger partial charge in [-0.3, -0.25) is 9.59 Å². The highest BCUT2D eigenvalue weighted by atomic mass is 127. The Labute approximate surface area is 223 Å². The molecule has 1 saturated heterocycles. The van der Waals surface area contributed by atoms with Crippen molar-refractivity contribution < 1.29 is 29.0 Å². The zero-order valence-electron chi connectivity index (χ0n) is 18.2. The first kappa shape index (κ1) is 25.1. The number of carbonyl (C=O) groups excluding carboxylic acids is 2. The SMILES string of the molecule is COc1cc(/C=C2/SC(=O)N(c3ccc(Cl)cc3)C2=O)cc(I)c1OCc1cccc(C(=O)O)c1. The molecule has 0 bridgehead atoms. The maximum absolute atomic E-state index is 12.9. The van der Waals surface area contributed by atoms with Crippen LogP contribution in [0.4, 0.5) is 10.5 Å². The molecule has 10 heteroatoms. The summed E-state index contributed by atoms with van der Waals surface area (Å²) < 4.78 is 12.2. The van der Waals surface area contributed by atoms with Crippen LogP contribution in [0.1, 0.15) is 21.5 Å². The molecule has 3 aromatic rings. The van der Waals surface area contributed by atoms with Crippen LogP contribution in [0.25, 0.3) is 6.08 Å². The van der Waals surface area contributed by atoms with E-state index in [1.807, 2.05) is 6.07 Å². The van der Waals surface area contributed by atoms with Gasteiger partial charge in [-0.25, -0.2) is 9.69 Å². The normalized spacial score (nSPS) is 14.5. The minimum atomic E-state index is -1.01. The van der Waals surface area contributed by atoms with Gasteiger partial charge in [0.1, 0.15) is 6.61 Å². The molecule has 0 aliphatic carbocycles. The molecular weight excluding hydrogens is 605 g/mol. The van der Waals surface area contributed by atoms with Crippen molar-refractivity contribution in [3.8, 4) is 11.5 Å². The second kappa shape index (κ2) is 10.7. The van der Waals surface area contributed by atoms with Crippen molar-refractivity contribution in [3.63, 3.8) is 0 Å². The summed E-state index contributed by atoms with van der Waals surface area (Å²) >= 11 is 8.86. The molecule has 0 aromatic heterocycles. The van der Waals surface area contributed by atoms with Gasteiger partial charge in [-0.05, 0) is 100 Å². The van der Waals surface area contributed by atoms with Gasteiger partial charge in [0.15, 0.2) is 11.5 Å². The number of carbonyl (C=O) groups is 3. The lowest BCUT2D eigenvalue weighted by molar-refractivity contribution is -0.113. The number of aromatic carboxylic acids is 1. The van der Waals surface area contributed by atoms with Crippen molar-refractivity contribution in [2.24, 2.45) is 0 Å².